The zero-order valence-electron chi connectivity index (χ0n) is 23.3. The van der Waals surface area contributed by atoms with Gasteiger partial charge >= 0.3 is 0 Å². The SMILES string of the molecule is CCCCCCCCCCC(C)(CCCCCCCCCC)CNC1CCC(C)(C)CC1. The molecule has 1 fully saturated rings. The molecule has 0 aliphatic heterocycles. The average Bonchev–Trinajstić information content (AvgIpc) is 2.77. The van der Waals surface area contributed by atoms with Crippen LogP contribution in [0.2, 0.25) is 0 Å². The van der Waals surface area contributed by atoms with Crippen LogP contribution in [0.3, 0.4) is 0 Å². The largest absolute Gasteiger partial charge is 0.313 e. The van der Waals surface area contributed by atoms with Crippen LogP contribution in [-0.4, -0.2) is 12.6 Å². The van der Waals surface area contributed by atoms with Crippen LogP contribution in [0.25, 0.3) is 0 Å². The number of unbranched alkanes of at least 4 members (excludes halogenated alkanes) is 14. The fraction of sp³-hybridized carbons (Fsp3) is 1.00. The Balaban J connectivity index is 2.31. The molecule has 0 unspecified atom stereocenters. The topological polar surface area (TPSA) is 12.0 Å². The molecule has 1 saturated carbocycles. The van der Waals surface area contributed by atoms with Crippen molar-refractivity contribution in [3.8, 4) is 0 Å². The molecule has 1 aliphatic rings. The van der Waals surface area contributed by atoms with Gasteiger partial charge in [0.05, 0.1) is 0 Å². The lowest BCUT2D eigenvalue weighted by Crippen LogP contribution is -2.41. The summed E-state index contributed by atoms with van der Waals surface area (Å²) in [5, 5.41) is 4.05. The normalized spacial score (nSPS) is 17.2. The molecule has 0 radical (unpaired) electrons. The Kier molecular flexibility index (Phi) is 17.2. The summed E-state index contributed by atoms with van der Waals surface area (Å²) in [6.07, 6.45) is 31.5. The van der Waals surface area contributed by atoms with Gasteiger partial charge < -0.3 is 5.32 Å². The summed E-state index contributed by atoms with van der Waals surface area (Å²) in [7, 11) is 0. The van der Waals surface area contributed by atoms with E-state index in [0.717, 1.165) is 6.04 Å². The molecule has 1 heteroatoms. The maximum atomic E-state index is 4.05. The van der Waals surface area contributed by atoms with Crippen molar-refractivity contribution in [1.29, 1.82) is 0 Å². The zero-order chi connectivity index (χ0) is 23.5. The fourth-order valence-electron chi connectivity index (χ4n) is 5.67. The van der Waals surface area contributed by atoms with E-state index in [1.165, 1.54) is 148 Å². The summed E-state index contributed by atoms with van der Waals surface area (Å²) >= 11 is 0. The molecule has 0 spiro atoms. The van der Waals surface area contributed by atoms with Gasteiger partial charge in [0.25, 0.3) is 0 Å². The third-order valence-electron chi connectivity index (χ3n) is 8.42. The van der Waals surface area contributed by atoms with E-state index in [9.17, 15) is 0 Å². The Morgan fingerprint density at radius 3 is 1.41 bits per heavy atom. The fourth-order valence-corrected chi connectivity index (χ4v) is 5.67. The minimum Gasteiger partial charge on any atom is -0.313 e. The third kappa shape index (κ3) is 15.7. The van der Waals surface area contributed by atoms with Crippen molar-refractivity contribution < 1.29 is 0 Å². The van der Waals surface area contributed by atoms with Gasteiger partial charge in [-0.2, -0.15) is 0 Å². The lowest BCUT2D eigenvalue weighted by Gasteiger charge is -2.37. The van der Waals surface area contributed by atoms with Gasteiger partial charge in [-0.15, -0.1) is 0 Å². The Labute approximate surface area is 204 Å². The number of hydrogen-bond acceptors (Lipinski definition) is 1. The summed E-state index contributed by atoms with van der Waals surface area (Å²) in [6.45, 7) is 13.4. The Morgan fingerprint density at radius 2 is 1.00 bits per heavy atom. The number of rotatable bonds is 21. The van der Waals surface area contributed by atoms with Crippen molar-refractivity contribution in [3.63, 3.8) is 0 Å². The van der Waals surface area contributed by atoms with Gasteiger partial charge in [0.15, 0.2) is 0 Å². The van der Waals surface area contributed by atoms with E-state index >= 15 is 0 Å². The van der Waals surface area contributed by atoms with Crippen LogP contribution in [0.5, 0.6) is 0 Å². The van der Waals surface area contributed by atoms with Crippen LogP contribution in [0.15, 0.2) is 0 Å². The first-order valence-electron chi connectivity index (χ1n) is 15.1. The minimum absolute atomic E-state index is 0.511. The first-order chi connectivity index (χ1) is 15.4. The highest BCUT2D eigenvalue weighted by atomic mass is 14.9. The molecule has 1 aliphatic carbocycles. The summed E-state index contributed by atoms with van der Waals surface area (Å²) in [5.74, 6) is 0. The summed E-state index contributed by atoms with van der Waals surface area (Å²) in [4.78, 5) is 0. The van der Waals surface area contributed by atoms with E-state index in [4.69, 9.17) is 0 Å². The van der Waals surface area contributed by atoms with Gasteiger partial charge in [0, 0.05) is 12.6 Å². The first kappa shape index (κ1) is 30.0. The van der Waals surface area contributed by atoms with E-state index in [1.54, 1.807) is 0 Å². The lowest BCUT2D eigenvalue weighted by atomic mass is 9.75. The van der Waals surface area contributed by atoms with Crippen LogP contribution < -0.4 is 5.32 Å². The standard InChI is InChI=1S/C31H63N/c1-6-8-10-12-14-16-18-20-24-31(5,25-21-19-17-15-13-11-9-7-2)28-32-29-22-26-30(3,4)27-23-29/h29,32H,6-28H2,1-5H3. The molecule has 0 aromatic rings. The zero-order valence-corrected chi connectivity index (χ0v) is 23.3. The second-order valence-corrected chi connectivity index (χ2v) is 12.6. The van der Waals surface area contributed by atoms with Crippen molar-refractivity contribution >= 4 is 0 Å². The molecule has 1 nitrogen and oxygen atoms in total. The third-order valence-corrected chi connectivity index (χ3v) is 8.42. The Hall–Kier alpha value is -0.0400. The Bertz CT molecular complexity index is 383. The van der Waals surface area contributed by atoms with E-state index in [1.807, 2.05) is 0 Å². The smallest absolute Gasteiger partial charge is 0.00676 e. The predicted molar refractivity (Wildman–Crippen MR) is 147 cm³/mol. The van der Waals surface area contributed by atoms with E-state index in [0.29, 0.717) is 10.8 Å². The second-order valence-electron chi connectivity index (χ2n) is 12.6. The molecule has 0 aromatic heterocycles. The Morgan fingerprint density at radius 1 is 0.625 bits per heavy atom. The molecule has 1 rings (SSSR count). The highest BCUT2D eigenvalue weighted by Crippen LogP contribution is 2.36. The van der Waals surface area contributed by atoms with Gasteiger partial charge in [0.2, 0.25) is 0 Å². The van der Waals surface area contributed by atoms with E-state index in [-0.39, 0.29) is 0 Å². The minimum atomic E-state index is 0.511. The van der Waals surface area contributed by atoms with Crippen LogP contribution >= 0.6 is 0 Å². The van der Waals surface area contributed by atoms with Gasteiger partial charge in [-0.25, -0.2) is 0 Å². The van der Waals surface area contributed by atoms with Crippen molar-refractivity contribution in [2.75, 3.05) is 6.54 Å². The van der Waals surface area contributed by atoms with E-state index < -0.39 is 0 Å². The molecule has 0 amide bonds. The van der Waals surface area contributed by atoms with Crippen molar-refractivity contribution in [2.24, 2.45) is 10.8 Å². The highest BCUT2D eigenvalue weighted by Gasteiger charge is 2.29. The van der Waals surface area contributed by atoms with Crippen LogP contribution in [0.4, 0.5) is 0 Å². The summed E-state index contributed by atoms with van der Waals surface area (Å²) in [6, 6.07) is 0.777. The maximum absolute atomic E-state index is 4.05. The lowest BCUT2D eigenvalue weighted by molar-refractivity contribution is 0.178. The molecule has 32 heavy (non-hydrogen) atoms. The molecule has 0 bridgehead atoms. The van der Waals surface area contributed by atoms with E-state index in [2.05, 4.69) is 39.9 Å². The average molecular weight is 450 g/mol. The monoisotopic (exact) mass is 449 g/mol. The van der Waals surface area contributed by atoms with Gasteiger partial charge in [-0.1, -0.05) is 137 Å². The van der Waals surface area contributed by atoms with Crippen molar-refractivity contribution in [1.82, 2.24) is 5.32 Å². The molecule has 0 aromatic carbocycles. The molecule has 192 valence electrons. The van der Waals surface area contributed by atoms with Gasteiger partial charge in [-0.3, -0.25) is 0 Å². The summed E-state index contributed by atoms with van der Waals surface area (Å²) < 4.78 is 0. The van der Waals surface area contributed by atoms with Crippen molar-refractivity contribution in [2.45, 2.75) is 182 Å². The molecule has 0 saturated heterocycles. The molecule has 1 N–H and O–H groups in total. The first-order valence-corrected chi connectivity index (χ1v) is 15.1. The van der Waals surface area contributed by atoms with Gasteiger partial charge in [-0.05, 0) is 49.4 Å². The molecule has 0 heterocycles. The van der Waals surface area contributed by atoms with Crippen LogP contribution in [0.1, 0.15) is 176 Å². The predicted octanol–water partition coefficient (Wildman–Crippen LogP) is 10.6. The molecular weight excluding hydrogens is 386 g/mol. The number of nitrogens with one attached hydrogen (secondary N) is 1. The highest BCUT2D eigenvalue weighted by molar-refractivity contribution is 4.85. The molecular formula is C31H63N. The second kappa shape index (κ2) is 18.3. The van der Waals surface area contributed by atoms with Crippen LogP contribution in [0, 0.1) is 10.8 Å². The summed E-state index contributed by atoms with van der Waals surface area (Å²) in [5.41, 5.74) is 1.09. The van der Waals surface area contributed by atoms with Gasteiger partial charge in [0.1, 0.15) is 0 Å². The van der Waals surface area contributed by atoms with Crippen LogP contribution in [-0.2, 0) is 0 Å². The quantitative estimate of drug-likeness (QED) is 0.172. The number of hydrogen-bond donors (Lipinski definition) is 1. The molecule has 0 atom stereocenters. The van der Waals surface area contributed by atoms with Crippen molar-refractivity contribution in [3.05, 3.63) is 0 Å². The maximum Gasteiger partial charge on any atom is 0.00676 e.